The number of nitrogens with one attached hydrogen (secondary N) is 1. The zero-order valence-electron chi connectivity index (χ0n) is 9.32. The Balaban J connectivity index is 1.82. The Bertz CT molecular complexity index is 353. The van der Waals surface area contributed by atoms with Crippen molar-refractivity contribution in [2.24, 2.45) is 0 Å². The molecule has 0 radical (unpaired) electrons. The molecule has 1 heterocycles. The summed E-state index contributed by atoms with van der Waals surface area (Å²) in [4.78, 5) is 3.84. The van der Waals surface area contributed by atoms with Gasteiger partial charge in [-0.2, -0.15) is 0 Å². The van der Waals surface area contributed by atoms with Crippen LogP contribution in [-0.4, -0.2) is 11.0 Å². The average molecular weight is 220 g/mol. The molecular weight excluding hydrogens is 203 g/mol. The van der Waals surface area contributed by atoms with Crippen molar-refractivity contribution in [2.75, 3.05) is 0 Å². The van der Waals surface area contributed by atoms with Gasteiger partial charge in [-0.1, -0.05) is 12.2 Å². The van der Waals surface area contributed by atoms with Gasteiger partial charge >= 0.3 is 0 Å². The molecule has 0 saturated heterocycles. The quantitative estimate of drug-likeness (QED) is 0.792. The van der Waals surface area contributed by atoms with Crippen molar-refractivity contribution in [1.29, 1.82) is 0 Å². The maximum absolute atomic E-state index is 12.9. The molecule has 0 saturated carbocycles. The summed E-state index contributed by atoms with van der Waals surface area (Å²) in [7, 11) is 0. The fourth-order valence-corrected chi connectivity index (χ4v) is 1.99. The number of hydrogen-bond donors (Lipinski definition) is 1. The van der Waals surface area contributed by atoms with Crippen LogP contribution in [0.15, 0.2) is 30.6 Å². The number of allylic oxidation sites excluding steroid dienone is 2. The summed E-state index contributed by atoms with van der Waals surface area (Å²) in [6.07, 6.45) is 12.0. The molecule has 16 heavy (non-hydrogen) atoms. The Morgan fingerprint density at radius 2 is 2.00 bits per heavy atom. The van der Waals surface area contributed by atoms with E-state index in [-0.39, 0.29) is 5.82 Å². The van der Waals surface area contributed by atoms with Crippen molar-refractivity contribution in [3.8, 4) is 0 Å². The molecule has 3 heteroatoms. The summed E-state index contributed by atoms with van der Waals surface area (Å²) in [6.45, 7) is 0.704. The fraction of sp³-hybridized carbons (Fsp3) is 0.462. The molecule has 1 aliphatic rings. The number of rotatable bonds is 3. The normalized spacial score (nSPS) is 17.3. The van der Waals surface area contributed by atoms with E-state index in [1.165, 1.54) is 25.1 Å². The lowest BCUT2D eigenvalue weighted by atomic mass is 10.1. The van der Waals surface area contributed by atoms with E-state index < -0.39 is 0 Å². The van der Waals surface area contributed by atoms with Gasteiger partial charge in [0.05, 0.1) is 6.20 Å². The van der Waals surface area contributed by atoms with Gasteiger partial charge in [-0.25, -0.2) is 4.39 Å². The number of aromatic nitrogens is 1. The van der Waals surface area contributed by atoms with Crippen LogP contribution in [0.4, 0.5) is 4.39 Å². The number of halogens is 1. The predicted octanol–water partition coefficient (Wildman–Crippen LogP) is 2.81. The molecular formula is C13H17FN2. The van der Waals surface area contributed by atoms with Gasteiger partial charge in [0.2, 0.25) is 0 Å². The van der Waals surface area contributed by atoms with Crippen LogP contribution in [0.25, 0.3) is 0 Å². The van der Waals surface area contributed by atoms with Gasteiger partial charge in [0.15, 0.2) is 0 Å². The Kier molecular flexibility index (Phi) is 4.05. The molecule has 0 atom stereocenters. The molecule has 0 aromatic carbocycles. The van der Waals surface area contributed by atoms with Gasteiger partial charge in [-0.3, -0.25) is 4.98 Å². The van der Waals surface area contributed by atoms with Crippen molar-refractivity contribution >= 4 is 0 Å². The molecule has 1 N–H and O–H groups in total. The van der Waals surface area contributed by atoms with Crippen molar-refractivity contribution in [3.63, 3.8) is 0 Å². The molecule has 0 unspecified atom stereocenters. The average Bonchev–Trinajstić information content (AvgIpc) is 2.55. The van der Waals surface area contributed by atoms with E-state index in [0.29, 0.717) is 12.6 Å². The van der Waals surface area contributed by atoms with Gasteiger partial charge in [0, 0.05) is 18.8 Å². The van der Waals surface area contributed by atoms with E-state index in [0.717, 1.165) is 18.4 Å². The molecule has 0 aliphatic heterocycles. The first-order valence-electron chi connectivity index (χ1n) is 5.82. The largest absolute Gasteiger partial charge is 0.310 e. The van der Waals surface area contributed by atoms with E-state index >= 15 is 0 Å². The highest BCUT2D eigenvalue weighted by atomic mass is 19.1. The Morgan fingerprint density at radius 3 is 2.69 bits per heavy atom. The second-order valence-electron chi connectivity index (χ2n) is 4.22. The first-order chi connectivity index (χ1) is 7.84. The summed E-state index contributed by atoms with van der Waals surface area (Å²) >= 11 is 0. The summed E-state index contributed by atoms with van der Waals surface area (Å²) in [6, 6.07) is 2.08. The second kappa shape index (κ2) is 5.75. The Morgan fingerprint density at radius 1 is 1.25 bits per heavy atom. The third kappa shape index (κ3) is 3.42. The van der Waals surface area contributed by atoms with E-state index in [4.69, 9.17) is 0 Å². The minimum absolute atomic E-state index is 0.262. The van der Waals surface area contributed by atoms with Crippen LogP contribution in [0.1, 0.15) is 31.2 Å². The van der Waals surface area contributed by atoms with Crippen molar-refractivity contribution in [2.45, 2.75) is 38.3 Å². The SMILES string of the molecule is Fc1cncc(CNC2CCC=CCC2)c1. The highest BCUT2D eigenvalue weighted by molar-refractivity contribution is 5.09. The summed E-state index contributed by atoms with van der Waals surface area (Å²) < 4.78 is 12.9. The van der Waals surface area contributed by atoms with E-state index in [1.54, 1.807) is 6.20 Å². The van der Waals surface area contributed by atoms with Gasteiger partial charge in [0.25, 0.3) is 0 Å². The maximum atomic E-state index is 12.9. The number of hydrogen-bond acceptors (Lipinski definition) is 2. The predicted molar refractivity (Wildman–Crippen MR) is 62.4 cm³/mol. The molecule has 1 aliphatic carbocycles. The molecule has 1 aromatic heterocycles. The number of nitrogens with zero attached hydrogens (tertiary/aromatic N) is 1. The highest BCUT2D eigenvalue weighted by Gasteiger charge is 2.08. The summed E-state index contributed by atoms with van der Waals surface area (Å²) in [5, 5.41) is 3.46. The molecule has 86 valence electrons. The van der Waals surface area contributed by atoms with E-state index in [9.17, 15) is 4.39 Å². The Hall–Kier alpha value is -1.22. The van der Waals surface area contributed by atoms with Gasteiger partial charge in [-0.15, -0.1) is 0 Å². The van der Waals surface area contributed by atoms with Crippen molar-refractivity contribution in [3.05, 3.63) is 42.0 Å². The minimum Gasteiger partial charge on any atom is -0.310 e. The van der Waals surface area contributed by atoms with Crippen LogP contribution in [0.2, 0.25) is 0 Å². The van der Waals surface area contributed by atoms with E-state index in [2.05, 4.69) is 22.5 Å². The minimum atomic E-state index is -0.262. The van der Waals surface area contributed by atoms with Gasteiger partial charge in [-0.05, 0) is 37.3 Å². The standard InChI is InChI=1S/C13H17FN2/c14-12-7-11(8-15-10-12)9-16-13-5-3-1-2-4-6-13/h1-2,7-8,10,13,16H,3-6,9H2. The van der Waals surface area contributed by atoms with Gasteiger partial charge < -0.3 is 5.32 Å². The lowest BCUT2D eigenvalue weighted by molar-refractivity contribution is 0.463. The fourth-order valence-electron chi connectivity index (χ4n) is 1.99. The molecule has 2 nitrogen and oxygen atoms in total. The zero-order valence-corrected chi connectivity index (χ0v) is 9.32. The van der Waals surface area contributed by atoms with Crippen LogP contribution in [-0.2, 0) is 6.54 Å². The molecule has 0 amide bonds. The van der Waals surface area contributed by atoms with E-state index in [1.807, 2.05) is 0 Å². The second-order valence-corrected chi connectivity index (χ2v) is 4.22. The molecule has 0 fully saturated rings. The highest BCUT2D eigenvalue weighted by Crippen LogP contribution is 2.12. The topological polar surface area (TPSA) is 24.9 Å². The first-order valence-corrected chi connectivity index (χ1v) is 5.82. The smallest absolute Gasteiger partial charge is 0.141 e. The van der Waals surface area contributed by atoms with Crippen LogP contribution in [0.3, 0.4) is 0 Å². The molecule has 0 bridgehead atoms. The molecule has 1 aromatic rings. The molecule has 0 spiro atoms. The first kappa shape index (κ1) is 11.3. The van der Waals surface area contributed by atoms with Crippen LogP contribution >= 0.6 is 0 Å². The third-order valence-electron chi connectivity index (χ3n) is 2.89. The zero-order chi connectivity index (χ0) is 11.2. The summed E-state index contributed by atoms with van der Waals surface area (Å²) in [5.74, 6) is -0.262. The summed E-state index contributed by atoms with van der Waals surface area (Å²) in [5.41, 5.74) is 0.914. The Labute approximate surface area is 95.6 Å². The van der Waals surface area contributed by atoms with Crippen LogP contribution in [0, 0.1) is 5.82 Å². The number of pyridine rings is 1. The third-order valence-corrected chi connectivity index (χ3v) is 2.89. The van der Waals surface area contributed by atoms with Crippen LogP contribution < -0.4 is 5.32 Å². The van der Waals surface area contributed by atoms with Crippen molar-refractivity contribution in [1.82, 2.24) is 10.3 Å². The maximum Gasteiger partial charge on any atom is 0.141 e. The lowest BCUT2D eigenvalue weighted by Gasteiger charge is -2.15. The monoisotopic (exact) mass is 220 g/mol. The molecule has 2 rings (SSSR count). The van der Waals surface area contributed by atoms with Crippen molar-refractivity contribution < 1.29 is 4.39 Å². The van der Waals surface area contributed by atoms with Gasteiger partial charge in [0.1, 0.15) is 5.82 Å². The lowest BCUT2D eigenvalue weighted by Crippen LogP contribution is -2.28. The van der Waals surface area contributed by atoms with Crippen LogP contribution in [0.5, 0.6) is 0 Å².